The first-order valence-corrected chi connectivity index (χ1v) is 33.4. The van der Waals surface area contributed by atoms with E-state index in [1.807, 2.05) is 0 Å². The van der Waals surface area contributed by atoms with Gasteiger partial charge in [0.05, 0.1) is 0 Å². The van der Waals surface area contributed by atoms with Crippen molar-refractivity contribution >= 4 is 29.2 Å². The molecule has 0 bridgehead atoms. The minimum absolute atomic E-state index is 0.00882. The van der Waals surface area contributed by atoms with E-state index >= 15 is 0 Å². The first-order valence-electron chi connectivity index (χ1n) is 22.5. The van der Waals surface area contributed by atoms with Crippen molar-refractivity contribution in [2.45, 2.75) is 165 Å². The van der Waals surface area contributed by atoms with E-state index in [4.69, 9.17) is 17.0 Å². The molecule has 59 heavy (non-hydrogen) atoms. The summed E-state index contributed by atoms with van der Waals surface area (Å²) in [7, 11) is 17.8. The molecular weight excluding hydrogens is 835 g/mol. The summed E-state index contributed by atoms with van der Waals surface area (Å²) in [5.74, 6) is 0.580. The van der Waals surface area contributed by atoms with Crippen LogP contribution in [0.4, 0.5) is 0 Å². The average Bonchev–Trinajstić information content (AvgIpc) is 3.74. The van der Waals surface area contributed by atoms with Crippen LogP contribution in [-0.4, -0.2) is 0 Å². The molecule has 3 heteroatoms. The van der Waals surface area contributed by atoms with Crippen LogP contribution in [-0.2, 0) is 38.1 Å². The molecule has 0 fully saturated rings. The van der Waals surface area contributed by atoms with Gasteiger partial charge in [0.25, 0.3) is 0 Å². The number of hydrogen-bond donors (Lipinski definition) is 0. The van der Waals surface area contributed by atoms with Gasteiger partial charge in [-0.2, -0.15) is 0 Å². The Bertz CT molecular complexity index is 2140. The molecule has 2 atom stereocenters. The van der Waals surface area contributed by atoms with Gasteiger partial charge in [-0.05, 0) is 0 Å². The van der Waals surface area contributed by atoms with E-state index in [9.17, 15) is 0 Å². The van der Waals surface area contributed by atoms with Gasteiger partial charge in [0.2, 0.25) is 0 Å². The summed E-state index contributed by atoms with van der Waals surface area (Å²) >= 11 is -5.13. The molecule has 0 heterocycles. The fourth-order valence-electron chi connectivity index (χ4n) is 10.0. The third-order valence-electron chi connectivity index (χ3n) is 14.0. The van der Waals surface area contributed by atoms with E-state index in [-0.39, 0.29) is 28.9 Å². The Morgan fingerprint density at radius 3 is 1.02 bits per heavy atom. The van der Waals surface area contributed by atoms with Crippen LogP contribution in [0.15, 0.2) is 71.8 Å². The van der Waals surface area contributed by atoms with E-state index in [1.165, 1.54) is 89.0 Å². The molecule has 317 valence electrons. The van der Waals surface area contributed by atoms with Crippen LogP contribution < -0.4 is 0 Å². The molecule has 2 aliphatic carbocycles. The zero-order chi connectivity index (χ0) is 44.2. The molecule has 4 aromatic carbocycles. The first kappa shape index (κ1) is 46.3. The van der Waals surface area contributed by atoms with Gasteiger partial charge in [0, 0.05) is 0 Å². The number of aryl methyl sites for hydroxylation is 2. The molecule has 0 spiro atoms. The third kappa shape index (κ3) is 8.27. The van der Waals surface area contributed by atoms with E-state index in [1.54, 1.807) is 0 Å². The molecule has 0 nitrogen and oxygen atoms in total. The second-order valence-corrected chi connectivity index (χ2v) is 46.2. The van der Waals surface area contributed by atoms with Crippen molar-refractivity contribution in [3.05, 3.63) is 127 Å². The van der Waals surface area contributed by atoms with Gasteiger partial charge in [-0.15, -0.1) is 0 Å². The molecule has 0 aromatic heterocycles. The van der Waals surface area contributed by atoms with Crippen LogP contribution in [0, 0.1) is 25.7 Å². The van der Waals surface area contributed by atoms with Crippen molar-refractivity contribution in [3.8, 4) is 22.3 Å². The molecule has 4 aromatic rings. The maximum absolute atomic E-state index is 8.90. The predicted octanol–water partition coefficient (Wildman–Crippen LogP) is 18.2. The summed E-state index contributed by atoms with van der Waals surface area (Å²) in [6.07, 6.45) is 5.07. The van der Waals surface area contributed by atoms with Crippen LogP contribution in [0.5, 0.6) is 0 Å². The fourth-order valence-corrected chi connectivity index (χ4v) is 28.6. The second kappa shape index (κ2) is 15.3. The molecule has 2 unspecified atom stereocenters. The number of allylic oxidation sites excluding steroid dienone is 2. The molecule has 0 amide bonds. The number of fused-ring (bicyclic) bond motifs is 2. The summed E-state index contributed by atoms with van der Waals surface area (Å²) in [6.45, 7) is 44.3. The molecule has 0 saturated heterocycles. The maximum atomic E-state index is 8.90. The number of hydrogen-bond acceptors (Lipinski definition) is 0. The van der Waals surface area contributed by atoms with Crippen molar-refractivity contribution in [1.29, 1.82) is 0 Å². The Balaban J connectivity index is 1.65. The zero-order valence-electron chi connectivity index (χ0n) is 40.2. The average molecular weight is 910 g/mol. The Hall–Kier alpha value is -2.18. The normalized spacial score (nSPS) is 18.2. The van der Waals surface area contributed by atoms with E-state index in [2.05, 4.69) is 204 Å². The standard InChI is InChI=1S/2C27H35.C2H5.2ClH.Zr/c2*1-17(2)19-14-24-18(3)10-11-23(25(24)15-19)20-12-21(26(4,5)6)16-22(13-20)27(7,8)9;1-2;;;/h2*10-17H,1-9H3;1H2,2H3;2*1H;/q;;;;;+2/p-2. The van der Waals surface area contributed by atoms with Crippen LogP contribution in [0.1, 0.15) is 181 Å². The van der Waals surface area contributed by atoms with Gasteiger partial charge in [-0.25, -0.2) is 0 Å². The predicted molar refractivity (Wildman–Crippen MR) is 261 cm³/mol. The van der Waals surface area contributed by atoms with Crippen LogP contribution in [0.3, 0.4) is 0 Å². The topological polar surface area (TPSA) is 0 Å². The molecule has 6 rings (SSSR count). The summed E-state index contributed by atoms with van der Waals surface area (Å²) in [4.78, 5) is 0. The van der Waals surface area contributed by atoms with Gasteiger partial charge >= 0.3 is 372 Å². The van der Waals surface area contributed by atoms with Crippen molar-refractivity contribution < 1.29 is 16.4 Å². The minimum atomic E-state index is -5.13. The van der Waals surface area contributed by atoms with Crippen LogP contribution in [0.25, 0.3) is 34.4 Å². The summed E-state index contributed by atoms with van der Waals surface area (Å²) in [6, 6.07) is 24.1. The Morgan fingerprint density at radius 2 is 0.780 bits per heavy atom. The van der Waals surface area contributed by atoms with E-state index in [0.29, 0.717) is 11.8 Å². The van der Waals surface area contributed by atoms with Crippen molar-refractivity contribution in [1.82, 2.24) is 0 Å². The SMILES string of the molecule is C[CH2][Zr]([Cl])([Cl])([CH]1C(C(C)C)=Cc2c(-c3cc(C(C)(C)C)cc(C(C)(C)C)c3)ccc(C)c21)[CH]1C(C(C)C)=Cc2c(-c3cc(C(C)(C)C)cc(C(C)(C)C)c3)ccc(C)c21. The zero-order valence-corrected chi connectivity index (χ0v) is 44.2. The Morgan fingerprint density at radius 1 is 0.492 bits per heavy atom. The third-order valence-corrected chi connectivity index (χ3v) is 34.5. The molecule has 0 radical (unpaired) electrons. The van der Waals surface area contributed by atoms with Crippen molar-refractivity contribution in [3.63, 3.8) is 0 Å². The van der Waals surface area contributed by atoms with E-state index < -0.39 is 16.4 Å². The molecular formula is C56H75Cl2Zr. The van der Waals surface area contributed by atoms with Crippen LogP contribution in [0.2, 0.25) is 4.13 Å². The van der Waals surface area contributed by atoms with Gasteiger partial charge in [-0.1, -0.05) is 0 Å². The summed E-state index contributed by atoms with van der Waals surface area (Å²) in [5.41, 5.74) is 21.5. The summed E-state index contributed by atoms with van der Waals surface area (Å²) < 4.78 is 0.776. The first-order chi connectivity index (χ1) is 26.9. The molecule has 0 N–H and O–H groups in total. The number of rotatable bonds is 7. The van der Waals surface area contributed by atoms with E-state index in [0.717, 1.165) is 4.13 Å². The Kier molecular flexibility index (Phi) is 12.0. The van der Waals surface area contributed by atoms with Gasteiger partial charge in [0.15, 0.2) is 0 Å². The number of halogens is 2. The van der Waals surface area contributed by atoms with Gasteiger partial charge < -0.3 is 0 Å². The van der Waals surface area contributed by atoms with Gasteiger partial charge in [-0.3, -0.25) is 0 Å². The number of benzene rings is 4. The summed E-state index contributed by atoms with van der Waals surface area (Å²) in [5, 5.41) is 0. The Labute approximate surface area is 368 Å². The second-order valence-electron chi connectivity index (χ2n) is 23.3. The van der Waals surface area contributed by atoms with Crippen molar-refractivity contribution in [2.24, 2.45) is 11.8 Å². The van der Waals surface area contributed by atoms with Crippen LogP contribution >= 0.6 is 17.0 Å². The monoisotopic (exact) mass is 907 g/mol. The molecule has 0 saturated carbocycles. The van der Waals surface area contributed by atoms with Gasteiger partial charge in [0.1, 0.15) is 0 Å². The quantitative estimate of drug-likeness (QED) is 0.173. The van der Waals surface area contributed by atoms with Crippen molar-refractivity contribution in [2.75, 3.05) is 0 Å². The fraction of sp³-hybridized carbons (Fsp3) is 0.500. The molecule has 2 aliphatic rings. The molecule has 0 aliphatic heterocycles.